The number of carbonyl (C=O) groups excluding carboxylic acids is 2. The fraction of sp³-hybridized carbons (Fsp3) is 0.667. The molecule has 0 aromatic heterocycles. The van der Waals surface area contributed by atoms with Crippen LogP contribution in [0.25, 0.3) is 0 Å². The van der Waals surface area contributed by atoms with Gasteiger partial charge in [-0.15, -0.1) is 0 Å². The van der Waals surface area contributed by atoms with Gasteiger partial charge in [0.05, 0.1) is 131 Å². The van der Waals surface area contributed by atoms with Crippen molar-refractivity contribution in [3.8, 4) is 5.75 Å². The maximum absolute atomic E-state index is 11.4. The van der Waals surface area contributed by atoms with E-state index in [1.165, 1.54) is 12.2 Å². The molecule has 0 bridgehead atoms. The van der Waals surface area contributed by atoms with Crippen molar-refractivity contribution in [2.45, 2.75) is 0 Å². The molecule has 2 amide bonds. The van der Waals surface area contributed by atoms with Crippen LogP contribution in [0.15, 0.2) is 36.4 Å². The summed E-state index contributed by atoms with van der Waals surface area (Å²) in [4.78, 5) is 23.9. The molecule has 0 spiro atoms. The summed E-state index contributed by atoms with van der Waals surface area (Å²) in [5.41, 5.74) is 6.42. The average Bonchev–Trinajstić information content (AvgIpc) is 3.35. The second-order valence-electron chi connectivity index (χ2n) is 9.06. The molecule has 0 aliphatic carbocycles. The van der Waals surface area contributed by atoms with E-state index in [9.17, 15) is 9.59 Å². The van der Waals surface area contributed by atoms with Gasteiger partial charge in [0, 0.05) is 12.2 Å². The predicted molar refractivity (Wildman–Crippen MR) is 160 cm³/mol. The molecule has 1 aromatic rings. The molecule has 0 unspecified atom stereocenters. The molecule has 1 aliphatic rings. The largest absolute Gasteiger partial charge is 0.489 e. The summed E-state index contributed by atoms with van der Waals surface area (Å²) in [5, 5.41) is 0. The van der Waals surface area contributed by atoms with Crippen LogP contribution in [-0.4, -0.2) is 149 Å². The molecule has 0 saturated heterocycles. The first kappa shape index (κ1) is 37.5. The Hall–Kier alpha value is -2.66. The standard InChI is InChI=1S/C30H48N2O12/c31-27-3-1-2-4-28(27)44-26-25-43-24-23-42-22-21-41-20-19-40-18-17-39-16-15-38-14-13-37-12-11-36-10-9-35-8-7-32-29(33)5-6-30(32)34/h1-6H,7-26,31H2. The van der Waals surface area contributed by atoms with Gasteiger partial charge in [0.2, 0.25) is 0 Å². The molecule has 0 atom stereocenters. The van der Waals surface area contributed by atoms with E-state index in [0.717, 1.165) is 4.90 Å². The fourth-order valence-corrected chi connectivity index (χ4v) is 3.49. The van der Waals surface area contributed by atoms with Crippen LogP contribution in [0, 0.1) is 0 Å². The maximum Gasteiger partial charge on any atom is 0.253 e. The van der Waals surface area contributed by atoms with Crippen LogP contribution in [0.2, 0.25) is 0 Å². The fourth-order valence-electron chi connectivity index (χ4n) is 3.49. The van der Waals surface area contributed by atoms with Crippen molar-refractivity contribution < 1.29 is 57.0 Å². The number of carbonyl (C=O) groups is 2. The van der Waals surface area contributed by atoms with E-state index in [0.29, 0.717) is 130 Å². The van der Waals surface area contributed by atoms with Gasteiger partial charge < -0.3 is 53.1 Å². The lowest BCUT2D eigenvalue weighted by atomic mass is 10.3. The topological polar surface area (TPSA) is 156 Å². The van der Waals surface area contributed by atoms with Gasteiger partial charge in [-0.3, -0.25) is 14.5 Å². The minimum Gasteiger partial charge on any atom is -0.489 e. The van der Waals surface area contributed by atoms with Crippen LogP contribution >= 0.6 is 0 Å². The van der Waals surface area contributed by atoms with E-state index < -0.39 is 0 Å². The number of nitrogens with two attached hydrogens (primary N) is 1. The third kappa shape index (κ3) is 19.6. The summed E-state index contributed by atoms with van der Waals surface area (Å²) in [6.07, 6.45) is 2.51. The number of hydrogen-bond donors (Lipinski definition) is 1. The zero-order valence-electron chi connectivity index (χ0n) is 25.5. The predicted octanol–water partition coefficient (Wildman–Crippen LogP) is 0.722. The lowest BCUT2D eigenvalue weighted by Gasteiger charge is -2.13. The van der Waals surface area contributed by atoms with E-state index in [-0.39, 0.29) is 25.0 Å². The third-order valence-electron chi connectivity index (χ3n) is 5.74. The summed E-state index contributed by atoms with van der Waals surface area (Å²) in [7, 11) is 0. The van der Waals surface area contributed by atoms with Crippen LogP contribution in [0.4, 0.5) is 5.69 Å². The molecule has 1 heterocycles. The van der Waals surface area contributed by atoms with Gasteiger partial charge in [-0.2, -0.15) is 0 Å². The van der Waals surface area contributed by atoms with E-state index in [2.05, 4.69) is 0 Å². The maximum atomic E-state index is 11.4. The van der Waals surface area contributed by atoms with E-state index in [4.69, 9.17) is 53.1 Å². The molecule has 250 valence electrons. The first-order chi connectivity index (χ1) is 21.7. The van der Waals surface area contributed by atoms with Crippen molar-refractivity contribution in [2.24, 2.45) is 0 Å². The van der Waals surface area contributed by atoms with Gasteiger partial charge in [-0.1, -0.05) is 12.1 Å². The molecule has 0 saturated carbocycles. The Labute approximate surface area is 259 Å². The van der Waals surface area contributed by atoms with Crippen molar-refractivity contribution in [3.63, 3.8) is 0 Å². The molecule has 14 nitrogen and oxygen atoms in total. The molecule has 2 N–H and O–H groups in total. The quantitative estimate of drug-likeness (QED) is 0.0698. The number of nitrogens with zero attached hydrogens (tertiary/aromatic N) is 1. The second-order valence-corrected chi connectivity index (χ2v) is 9.06. The highest BCUT2D eigenvalue weighted by atomic mass is 16.6. The minimum absolute atomic E-state index is 0.239. The Kier molecular flexibility index (Phi) is 22.8. The molecule has 1 aliphatic heterocycles. The summed E-state index contributed by atoms with van der Waals surface area (Å²) >= 11 is 0. The number of amides is 2. The Balaban J connectivity index is 1.16. The van der Waals surface area contributed by atoms with Crippen LogP contribution < -0.4 is 10.5 Å². The molecule has 0 fully saturated rings. The van der Waals surface area contributed by atoms with Gasteiger partial charge in [0.25, 0.3) is 11.8 Å². The highest BCUT2D eigenvalue weighted by Crippen LogP contribution is 2.19. The van der Waals surface area contributed by atoms with Gasteiger partial charge in [-0.25, -0.2) is 0 Å². The molecule has 1 aromatic carbocycles. The highest BCUT2D eigenvalue weighted by molar-refractivity contribution is 6.12. The van der Waals surface area contributed by atoms with Crippen LogP contribution in [-0.2, 0) is 52.2 Å². The molecule has 0 radical (unpaired) electrons. The summed E-state index contributed by atoms with van der Waals surface area (Å²) < 4.78 is 54.5. The van der Waals surface area contributed by atoms with Gasteiger partial charge >= 0.3 is 0 Å². The monoisotopic (exact) mass is 628 g/mol. The zero-order valence-corrected chi connectivity index (χ0v) is 25.5. The molecule has 14 heteroatoms. The first-order valence-electron chi connectivity index (χ1n) is 14.9. The van der Waals surface area contributed by atoms with Gasteiger partial charge in [-0.05, 0) is 12.1 Å². The minimum atomic E-state index is -0.307. The van der Waals surface area contributed by atoms with Gasteiger partial charge in [0.1, 0.15) is 12.4 Å². The number of imide groups is 1. The number of para-hydroxylation sites is 2. The summed E-state index contributed by atoms with van der Waals surface area (Å²) in [6, 6.07) is 7.36. The van der Waals surface area contributed by atoms with Gasteiger partial charge in [0.15, 0.2) is 0 Å². The van der Waals surface area contributed by atoms with Crippen molar-refractivity contribution in [2.75, 3.05) is 138 Å². The number of anilines is 1. The molecular formula is C30H48N2O12. The van der Waals surface area contributed by atoms with Crippen molar-refractivity contribution in [1.82, 2.24) is 4.90 Å². The SMILES string of the molecule is Nc1ccccc1OCCOCCOCCOCCOCCOCCOCCOCCOCCOCCN1C(=O)C=CC1=O. The summed E-state index contributed by atoms with van der Waals surface area (Å²) in [6.45, 7) is 8.91. The van der Waals surface area contributed by atoms with Crippen molar-refractivity contribution in [1.29, 1.82) is 0 Å². The number of hydrogen-bond acceptors (Lipinski definition) is 13. The lowest BCUT2D eigenvalue weighted by molar-refractivity contribution is -0.137. The van der Waals surface area contributed by atoms with Crippen LogP contribution in [0.1, 0.15) is 0 Å². The van der Waals surface area contributed by atoms with Crippen molar-refractivity contribution in [3.05, 3.63) is 36.4 Å². The smallest absolute Gasteiger partial charge is 0.253 e. The molecular weight excluding hydrogens is 580 g/mol. The molecule has 44 heavy (non-hydrogen) atoms. The Morgan fingerprint density at radius 1 is 0.455 bits per heavy atom. The molecule has 2 rings (SSSR count). The van der Waals surface area contributed by atoms with E-state index in [1.807, 2.05) is 18.2 Å². The Morgan fingerprint density at radius 3 is 1.14 bits per heavy atom. The Morgan fingerprint density at radius 2 is 0.773 bits per heavy atom. The van der Waals surface area contributed by atoms with Crippen LogP contribution in [0.5, 0.6) is 5.75 Å². The number of nitrogen functional groups attached to an aromatic ring is 1. The Bertz CT molecular complexity index is 887. The lowest BCUT2D eigenvalue weighted by Crippen LogP contribution is -2.33. The zero-order chi connectivity index (χ0) is 31.3. The highest BCUT2D eigenvalue weighted by Gasteiger charge is 2.22. The second kappa shape index (κ2) is 26.7. The number of benzene rings is 1. The third-order valence-corrected chi connectivity index (χ3v) is 5.74. The normalized spacial score (nSPS) is 13.0. The number of rotatable bonds is 31. The number of ether oxygens (including phenoxy) is 10. The van der Waals surface area contributed by atoms with Crippen LogP contribution in [0.3, 0.4) is 0 Å². The van der Waals surface area contributed by atoms with Crippen molar-refractivity contribution >= 4 is 17.5 Å². The average molecular weight is 629 g/mol. The van der Waals surface area contributed by atoms with E-state index in [1.54, 1.807) is 6.07 Å². The summed E-state index contributed by atoms with van der Waals surface area (Å²) in [5.74, 6) is 0.0483. The van der Waals surface area contributed by atoms with E-state index >= 15 is 0 Å². The first-order valence-corrected chi connectivity index (χ1v) is 14.9.